The molecule has 1 atom stereocenters. The topological polar surface area (TPSA) is 92.7 Å². The summed E-state index contributed by atoms with van der Waals surface area (Å²) in [7, 11) is 1.21. The van der Waals surface area contributed by atoms with Gasteiger partial charge in [-0.2, -0.15) is 0 Å². The summed E-state index contributed by atoms with van der Waals surface area (Å²) >= 11 is 0. The summed E-state index contributed by atoms with van der Waals surface area (Å²) in [6.07, 6.45) is 1.52. The second kappa shape index (κ2) is 6.95. The van der Waals surface area contributed by atoms with Crippen LogP contribution in [0.25, 0.3) is 0 Å². The lowest BCUT2D eigenvalue weighted by Crippen LogP contribution is -2.33. The lowest BCUT2D eigenvalue weighted by molar-refractivity contribution is -0.144. The van der Waals surface area contributed by atoms with Crippen molar-refractivity contribution in [3.8, 4) is 0 Å². The predicted octanol–water partition coefficient (Wildman–Crippen LogP) is 0.658. The lowest BCUT2D eigenvalue weighted by Gasteiger charge is -2.15. The third kappa shape index (κ3) is 4.63. The largest absolute Gasteiger partial charge is 0.478 e. The van der Waals surface area contributed by atoms with Gasteiger partial charge in [0.25, 0.3) is 0 Å². The SMILES string of the molecule is COC(=O)[C@@H](NC(=O)C=CC(=O)O)c1ccccc1. The molecule has 1 rings (SSSR count). The van der Waals surface area contributed by atoms with Crippen molar-refractivity contribution in [3.05, 3.63) is 48.0 Å². The van der Waals surface area contributed by atoms with Gasteiger partial charge in [0.15, 0.2) is 6.04 Å². The Labute approximate surface area is 109 Å². The number of esters is 1. The minimum atomic E-state index is -1.25. The summed E-state index contributed by atoms with van der Waals surface area (Å²) in [6, 6.07) is 7.53. The summed E-state index contributed by atoms with van der Waals surface area (Å²) in [6.45, 7) is 0. The number of hydrogen-bond acceptors (Lipinski definition) is 4. The summed E-state index contributed by atoms with van der Waals surface area (Å²) < 4.78 is 4.60. The van der Waals surface area contributed by atoms with Crippen molar-refractivity contribution in [2.75, 3.05) is 7.11 Å². The van der Waals surface area contributed by atoms with E-state index in [1.54, 1.807) is 30.3 Å². The Balaban J connectivity index is 2.85. The molecule has 1 amide bonds. The maximum absolute atomic E-state index is 11.6. The van der Waals surface area contributed by atoms with Gasteiger partial charge in [0, 0.05) is 12.2 Å². The number of methoxy groups -OCH3 is 1. The normalized spacial score (nSPS) is 11.8. The average molecular weight is 263 g/mol. The van der Waals surface area contributed by atoms with Gasteiger partial charge in [-0.05, 0) is 5.56 Å². The summed E-state index contributed by atoms with van der Waals surface area (Å²) in [5.74, 6) is -2.57. The molecule has 6 nitrogen and oxygen atoms in total. The number of rotatable bonds is 5. The highest BCUT2D eigenvalue weighted by molar-refractivity contribution is 5.96. The van der Waals surface area contributed by atoms with Crippen LogP contribution in [0.5, 0.6) is 0 Å². The van der Waals surface area contributed by atoms with Crippen LogP contribution in [0.2, 0.25) is 0 Å². The van der Waals surface area contributed by atoms with Crippen LogP contribution >= 0.6 is 0 Å². The molecule has 6 heteroatoms. The van der Waals surface area contributed by atoms with Crippen molar-refractivity contribution in [2.24, 2.45) is 0 Å². The summed E-state index contributed by atoms with van der Waals surface area (Å²) in [5.41, 5.74) is 0.548. The number of carbonyl (C=O) groups excluding carboxylic acids is 2. The zero-order valence-corrected chi connectivity index (χ0v) is 10.2. The standard InChI is InChI=1S/C13H13NO5/c1-19-13(18)12(9-5-3-2-4-6-9)14-10(15)7-8-11(16)17/h2-8,12H,1H3,(H,14,15)(H,16,17)/t12-/m0/s1. The van der Waals surface area contributed by atoms with Gasteiger partial charge < -0.3 is 15.2 Å². The maximum atomic E-state index is 11.6. The molecule has 0 heterocycles. The Morgan fingerprint density at radius 3 is 2.37 bits per heavy atom. The van der Waals surface area contributed by atoms with Gasteiger partial charge in [-0.15, -0.1) is 0 Å². The number of ether oxygens (including phenoxy) is 1. The van der Waals surface area contributed by atoms with E-state index in [0.717, 1.165) is 6.08 Å². The molecule has 0 spiro atoms. The van der Waals surface area contributed by atoms with Gasteiger partial charge >= 0.3 is 11.9 Å². The molecule has 0 aliphatic rings. The molecule has 0 saturated heterocycles. The van der Waals surface area contributed by atoms with Crippen LogP contribution in [0.15, 0.2) is 42.5 Å². The van der Waals surface area contributed by atoms with E-state index in [4.69, 9.17) is 5.11 Å². The van der Waals surface area contributed by atoms with E-state index in [1.165, 1.54) is 7.11 Å². The van der Waals surface area contributed by atoms with Crippen molar-refractivity contribution in [1.82, 2.24) is 5.32 Å². The molecule has 100 valence electrons. The van der Waals surface area contributed by atoms with E-state index in [2.05, 4.69) is 10.1 Å². The first-order valence-corrected chi connectivity index (χ1v) is 5.39. The van der Waals surface area contributed by atoms with Crippen LogP contribution in [-0.4, -0.2) is 30.1 Å². The van der Waals surface area contributed by atoms with Crippen LogP contribution in [0.4, 0.5) is 0 Å². The van der Waals surface area contributed by atoms with Crippen LogP contribution in [0.3, 0.4) is 0 Å². The van der Waals surface area contributed by atoms with Gasteiger partial charge in [0.2, 0.25) is 5.91 Å². The second-order valence-electron chi connectivity index (χ2n) is 3.55. The number of amides is 1. The van der Waals surface area contributed by atoms with E-state index < -0.39 is 23.9 Å². The molecule has 0 saturated carbocycles. The Bertz CT molecular complexity index is 495. The van der Waals surface area contributed by atoms with Gasteiger partial charge in [0.1, 0.15) is 0 Å². The molecule has 19 heavy (non-hydrogen) atoms. The number of hydrogen-bond donors (Lipinski definition) is 2. The van der Waals surface area contributed by atoms with Crippen molar-refractivity contribution < 1.29 is 24.2 Å². The Hall–Kier alpha value is -2.63. The summed E-state index contributed by atoms with van der Waals surface area (Å²) in [4.78, 5) is 33.4. The Morgan fingerprint density at radius 2 is 1.84 bits per heavy atom. The molecular weight excluding hydrogens is 250 g/mol. The van der Waals surface area contributed by atoms with E-state index >= 15 is 0 Å². The number of aliphatic carboxylic acids is 1. The fourth-order valence-electron chi connectivity index (χ4n) is 1.38. The van der Waals surface area contributed by atoms with Crippen molar-refractivity contribution in [3.63, 3.8) is 0 Å². The monoisotopic (exact) mass is 263 g/mol. The molecular formula is C13H13NO5. The summed E-state index contributed by atoms with van der Waals surface area (Å²) in [5, 5.41) is 10.8. The molecule has 0 aliphatic carbocycles. The first-order valence-electron chi connectivity index (χ1n) is 5.39. The highest BCUT2D eigenvalue weighted by Crippen LogP contribution is 2.13. The van der Waals surface area contributed by atoms with E-state index in [1.807, 2.05) is 0 Å². The predicted molar refractivity (Wildman–Crippen MR) is 66.1 cm³/mol. The van der Waals surface area contributed by atoms with E-state index in [0.29, 0.717) is 11.6 Å². The molecule has 1 aromatic rings. The highest BCUT2D eigenvalue weighted by Gasteiger charge is 2.22. The second-order valence-corrected chi connectivity index (χ2v) is 3.55. The van der Waals surface area contributed by atoms with Crippen LogP contribution < -0.4 is 5.32 Å². The number of benzene rings is 1. The van der Waals surface area contributed by atoms with Gasteiger partial charge in [-0.1, -0.05) is 30.3 Å². The molecule has 0 aliphatic heterocycles. The van der Waals surface area contributed by atoms with Gasteiger partial charge in [0.05, 0.1) is 7.11 Å². The minimum Gasteiger partial charge on any atom is -0.478 e. The van der Waals surface area contributed by atoms with E-state index in [-0.39, 0.29) is 0 Å². The van der Waals surface area contributed by atoms with Gasteiger partial charge in [-0.3, -0.25) is 4.79 Å². The zero-order valence-electron chi connectivity index (χ0n) is 10.2. The maximum Gasteiger partial charge on any atom is 0.333 e. The lowest BCUT2D eigenvalue weighted by atomic mass is 10.1. The molecule has 0 unspecified atom stereocenters. The molecule has 0 fully saturated rings. The molecule has 2 N–H and O–H groups in total. The van der Waals surface area contributed by atoms with Crippen LogP contribution in [0, 0.1) is 0 Å². The Morgan fingerprint density at radius 1 is 1.21 bits per heavy atom. The fourth-order valence-corrected chi connectivity index (χ4v) is 1.38. The fraction of sp³-hybridized carbons (Fsp3) is 0.154. The molecule has 0 bridgehead atoms. The molecule has 0 aromatic heterocycles. The smallest absolute Gasteiger partial charge is 0.333 e. The van der Waals surface area contributed by atoms with Gasteiger partial charge in [-0.25, -0.2) is 9.59 Å². The molecule has 1 aromatic carbocycles. The van der Waals surface area contributed by atoms with E-state index in [9.17, 15) is 14.4 Å². The quantitative estimate of drug-likeness (QED) is 0.601. The van der Waals surface area contributed by atoms with Crippen LogP contribution in [-0.2, 0) is 19.1 Å². The highest BCUT2D eigenvalue weighted by atomic mass is 16.5. The minimum absolute atomic E-state index is 0.548. The van der Waals surface area contributed by atoms with Crippen molar-refractivity contribution in [2.45, 2.75) is 6.04 Å². The number of carbonyl (C=O) groups is 3. The third-order valence-corrected chi connectivity index (χ3v) is 2.23. The number of carboxylic acid groups (broad SMARTS) is 1. The van der Waals surface area contributed by atoms with Crippen molar-refractivity contribution in [1.29, 1.82) is 0 Å². The third-order valence-electron chi connectivity index (χ3n) is 2.23. The number of nitrogens with one attached hydrogen (secondary N) is 1. The first-order chi connectivity index (χ1) is 9.04. The number of carboxylic acids is 1. The van der Waals surface area contributed by atoms with Crippen LogP contribution in [0.1, 0.15) is 11.6 Å². The Kier molecular flexibility index (Phi) is 5.28. The average Bonchev–Trinajstić information content (AvgIpc) is 2.42. The zero-order chi connectivity index (χ0) is 14.3. The van der Waals surface area contributed by atoms with Crippen molar-refractivity contribution >= 4 is 17.8 Å². The first kappa shape index (κ1) is 14.4. The molecule has 0 radical (unpaired) electrons.